The summed E-state index contributed by atoms with van der Waals surface area (Å²) < 4.78 is 68.5. The standard InChI is InChI=1S/C30H38N2O6S2/c1-4-32(26-12-6-5-7-13-26)40(35,36)30-18-16-29(17-19-30)39(33,34)31(22-24-10-8-14-27(20-24)37-2)23-25-11-9-15-28(21-25)38-3/h8-11,14-21,26H,4-7,12-13,22-23H2,1-3H3. The first-order chi connectivity index (χ1) is 19.2. The minimum atomic E-state index is -4.00. The molecule has 40 heavy (non-hydrogen) atoms. The molecule has 0 spiro atoms. The SMILES string of the molecule is CCN(C1CCCCC1)S(=O)(=O)c1ccc(S(=O)(=O)N(Cc2cccc(OC)c2)Cc2cccc(OC)c2)cc1. The number of hydrogen-bond acceptors (Lipinski definition) is 6. The van der Waals surface area contributed by atoms with Gasteiger partial charge in [-0.3, -0.25) is 0 Å². The highest BCUT2D eigenvalue weighted by molar-refractivity contribution is 7.89. The second kappa shape index (κ2) is 13.2. The van der Waals surface area contributed by atoms with E-state index < -0.39 is 20.0 Å². The summed E-state index contributed by atoms with van der Waals surface area (Å²) in [5.74, 6) is 1.26. The molecule has 0 N–H and O–H groups in total. The van der Waals surface area contributed by atoms with E-state index in [2.05, 4.69) is 0 Å². The maximum absolute atomic E-state index is 14.0. The van der Waals surface area contributed by atoms with Crippen LogP contribution in [-0.4, -0.2) is 52.3 Å². The van der Waals surface area contributed by atoms with E-state index >= 15 is 0 Å². The van der Waals surface area contributed by atoms with Crippen molar-refractivity contribution >= 4 is 20.0 Å². The summed E-state index contributed by atoms with van der Waals surface area (Å²) in [7, 11) is -4.62. The number of hydrogen-bond donors (Lipinski definition) is 0. The quantitative estimate of drug-likeness (QED) is 0.281. The third-order valence-electron chi connectivity index (χ3n) is 7.35. The molecule has 3 aromatic rings. The molecule has 0 unspecified atom stereocenters. The monoisotopic (exact) mass is 586 g/mol. The molecule has 1 saturated carbocycles. The molecular formula is C30H38N2O6S2. The fourth-order valence-corrected chi connectivity index (χ4v) is 8.35. The van der Waals surface area contributed by atoms with Crippen molar-refractivity contribution in [2.75, 3.05) is 20.8 Å². The predicted octanol–water partition coefficient (Wildman–Crippen LogP) is 5.44. The van der Waals surface area contributed by atoms with Crippen molar-refractivity contribution in [1.82, 2.24) is 8.61 Å². The molecule has 0 amide bonds. The number of methoxy groups -OCH3 is 2. The van der Waals surface area contributed by atoms with Gasteiger partial charge >= 0.3 is 0 Å². The molecule has 10 heteroatoms. The number of rotatable bonds is 12. The van der Waals surface area contributed by atoms with E-state index in [0.29, 0.717) is 18.0 Å². The number of nitrogens with zero attached hydrogens (tertiary/aromatic N) is 2. The Hall–Kier alpha value is -2.92. The molecule has 0 aliphatic heterocycles. The summed E-state index contributed by atoms with van der Waals surface area (Å²) in [5, 5.41) is 0. The van der Waals surface area contributed by atoms with E-state index in [4.69, 9.17) is 9.47 Å². The first-order valence-electron chi connectivity index (χ1n) is 13.6. The lowest BCUT2D eigenvalue weighted by atomic mass is 9.95. The van der Waals surface area contributed by atoms with Gasteiger partial charge < -0.3 is 9.47 Å². The molecule has 0 bridgehead atoms. The van der Waals surface area contributed by atoms with Crippen LogP contribution in [0.1, 0.15) is 50.2 Å². The fourth-order valence-electron chi connectivity index (χ4n) is 5.24. The van der Waals surface area contributed by atoms with E-state index in [1.165, 1.54) is 28.6 Å². The summed E-state index contributed by atoms with van der Waals surface area (Å²) in [4.78, 5) is 0.129. The van der Waals surface area contributed by atoms with Gasteiger partial charge in [-0.25, -0.2) is 16.8 Å². The zero-order valence-electron chi connectivity index (χ0n) is 23.3. The Kier molecular flexibility index (Phi) is 9.89. The Bertz CT molecular complexity index is 1440. The average molecular weight is 587 g/mol. The summed E-state index contributed by atoms with van der Waals surface area (Å²) in [6, 6.07) is 20.1. The van der Waals surface area contributed by atoms with Crippen LogP contribution in [0.3, 0.4) is 0 Å². The Morgan fingerprint density at radius 2 is 1.18 bits per heavy atom. The maximum atomic E-state index is 14.0. The van der Waals surface area contributed by atoms with E-state index in [0.717, 1.165) is 43.2 Å². The minimum absolute atomic E-state index is 0.0200. The van der Waals surface area contributed by atoms with Crippen LogP contribution in [0.2, 0.25) is 0 Å². The third kappa shape index (κ3) is 6.86. The topological polar surface area (TPSA) is 93.2 Å². The fraction of sp³-hybridized carbons (Fsp3) is 0.400. The summed E-state index contributed by atoms with van der Waals surface area (Å²) in [5.41, 5.74) is 1.52. The van der Waals surface area contributed by atoms with E-state index in [9.17, 15) is 16.8 Å². The smallest absolute Gasteiger partial charge is 0.243 e. The lowest BCUT2D eigenvalue weighted by Gasteiger charge is -2.32. The molecule has 216 valence electrons. The molecule has 0 saturated heterocycles. The maximum Gasteiger partial charge on any atom is 0.243 e. The summed E-state index contributed by atoms with van der Waals surface area (Å²) in [6.07, 6.45) is 4.86. The molecule has 0 aromatic heterocycles. The minimum Gasteiger partial charge on any atom is -0.497 e. The van der Waals surface area contributed by atoms with Crippen molar-refractivity contribution < 1.29 is 26.3 Å². The second-order valence-corrected chi connectivity index (χ2v) is 13.8. The van der Waals surface area contributed by atoms with Crippen LogP contribution in [0, 0.1) is 0 Å². The van der Waals surface area contributed by atoms with Gasteiger partial charge in [-0.1, -0.05) is 50.5 Å². The number of sulfonamides is 2. The van der Waals surface area contributed by atoms with Crippen LogP contribution in [0.25, 0.3) is 0 Å². The lowest BCUT2D eigenvalue weighted by Crippen LogP contribution is -2.41. The molecule has 1 aliphatic rings. The first kappa shape index (κ1) is 30.0. The Morgan fingerprint density at radius 3 is 1.62 bits per heavy atom. The molecule has 8 nitrogen and oxygen atoms in total. The van der Waals surface area contributed by atoms with Gasteiger partial charge in [-0.2, -0.15) is 8.61 Å². The Labute approximate surface area is 238 Å². The third-order valence-corrected chi connectivity index (χ3v) is 11.2. The van der Waals surface area contributed by atoms with Crippen LogP contribution in [-0.2, 0) is 33.1 Å². The van der Waals surface area contributed by atoms with E-state index in [1.807, 2.05) is 31.2 Å². The molecule has 4 rings (SSSR count). The Morgan fingerprint density at radius 1 is 0.700 bits per heavy atom. The number of ether oxygens (including phenoxy) is 2. The molecule has 0 atom stereocenters. The molecule has 0 heterocycles. The van der Waals surface area contributed by atoms with Crippen molar-refractivity contribution in [3.63, 3.8) is 0 Å². The van der Waals surface area contributed by atoms with Crippen LogP contribution in [0.4, 0.5) is 0 Å². The normalized spacial score (nSPS) is 14.9. The van der Waals surface area contributed by atoms with Gasteiger partial charge in [0.25, 0.3) is 0 Å². The van der Waals surface area contributed by atoms with E-state index in [1.54, 1.807) is 42.8 Å². The highest BCUT2D eigenvalue weighted by Gasteiger charge is 2.32. The van der Waals surface area contributed by atoms with Crippen LogP contribution >= 0.6 is 0 Å². The van der Waals surface area contributed by atoms with Gasteiger partial charge in [0.2, 0.25) is 20.0 Å². The number of benzene rings is 3. The highest BCUT2D eigenvalue weighted by atomic mass is 32.2. The predicted molar refractivity (Wildman–Crippen MR) is 155 cm³/mol. The highest BCUT2D eigenvalue weighted by Crippen LogP contribution is 2.29. The Balaban J connectivity index is 1.65. The van der Waals surface area contributed by atoms with Gasteiger partial charge in [0.15, 0.2) is 0 Å². The van der Waals surface area contributed by atoms with Crippen molar-refractivity contribution in [3.05, 3.63) is 83.9 Å². The van der Waals surface area contributed by atoms with Gasteiger partial charge in [-0.15, -0.1) is 0 Å². The van der Waals surface area contributed by atoms with Crippen molar-refractivity contribution in [3.8, 4) is 11.5 Å². The van der Waals surface area contributed by atoms with Crippen molar-refractivity contribution in [1.29, 1.82) is 0 Å². The molecule has 1 aliphatic carbocycles. The molecule has 0 radical (unpaired) electrons. The van der Waals surface area contributed by atoms with Gasteiger partial charge in [0.1, 0.15) is 11.5 Å². The van der Waals surface area contributed by atoms with Gasteiger partial charge in [0, 0.05) is 25.7 Å². The zero-order valence-corrected chi connectivity index (χ0v) is 25.0. The summed E-state index contributed by atoms with van der Waals surface area (Å²) in [6.45, 7) is 2.42. The van der Waals surface area contributed by atoms with Crippen molar-refractivity contribution in [2.24, 2.45) is 0 Å². The van der Waals surface area contributed by atoms with Crippen LogP contribution in [0.15, 0.2) is 82.6 Å². The van der Waals surface area contributed by atoms with Crippen molar-refractivity contribution in [2.45, 2.75) is 68.0 Å². The van der Waals surface area contributed by atoms with Gasteiger partial charge in [0.05, 0.1) is 24.0 Å². The van der Waals surface area contributed by atoms with E-state index in [-0.39, 0.29) is 28.9 Å². The summed E-state index contributed by atoms with van der Waals surface area (Å²) >= 11 is 0. The molecule has 1 fully saturated rings. The molecular weight excluding hydrogens is 548 g/mol. The largest absolute Gasteiger partial charge is 0.497 e. The molecule has 3 aromatic carbocycles. The lowest BCUT2D eigenvalue weighted by molar-refractivity contribution is 0.261. The second-order valence-electron chi connectivity index (χ2n) is 9.95. The zero-order chi connectivity index (χ0) is 28.8. The average Bonchev–Trinajstić information content (AvgIpc) is 2.98. The van der Waals surface area contributed by atoms with Crippen LogP contribution < -0.4 is 9.47 Å². The van der Waals surface area contributed by atoms with Crippen LogP contribution in [0.5, 0.6) is 11.5 Å². The first-order valence-corrected chi connectivity index (χ1v) is 16.4. The van der Waals surface area contributed by atoms with Gasteiger partial charge in [-0.05, 0) is 72.5 Å².